The molecule has 0 amide bonds. The van der Waals surface area contributed by atoms with Crippen molar-refractivity contribution >= 4 is 17.3 Å². The minimum absolute atomic E-state index is 0.193. The summed E-state index contributed by atoms with van der Waals surface area (Å²) in [5, 5.41) is 3.51. The van der Waals surface area contributed by atoms with Crippen LogP contribution in [0.3, 0.4) is 0 Å². The molecule has 6 heteroatoms. The number of anilines is 2. The van der Waals surface area contributed by atoms with Crippen molar-refractivity contribution in [3.05, 3.63) is 72.1 Å². The van der Waals surface area contributed by atoms with Gasteiger partial charge in [0.25, 0.3) is 0 Å². The fourth-order valence-electron chi connectivity index (χ4n) is 3.89. The van der Waals surface area contributed by atoms with E-state index in [-0.39, 0.29) is 5.82 Å². The van der Waals surface area contributed by atoms with Gasteiger partial charge in [-0.15, -0.1) is 0 Å². The maximum absolute atomic E-state index is 13.1. The monoisotopic (exact) mass is 393 g/mol. The Morgan fingerprint density at radius 1 is 0.931 bits per heavy atom. The van der Waals surface area contributed by atoms with Gasteiger partial charge in [0, 0.05) is 64.2 Å². The van der Waals surface area contributed by atoms with Crippen LogP contribution >= 0.6 is 0 Å². The van der Waals surface area contributed by atoms with Gasteiger partial charge in [0.15, 0.2) is 5.96 Å². The molecular weight excluding hydrogens is 365 g/mol. The highest BCUT2D eigenvalue weighted by Crippen LogP contribution is 2.19. The summed E-state index contributed by atoms with van der Waals surface area (Å²) in [7, 11) is 1.83. The quantitative estimate of drug-likeness (QED) is 0.492. The minimum atomic E-state index is -0.193. The smallest absolute Gasteiger partial charge is 0.194 e. The molecule has 29 heavy (non-hydrogen) atoms. The van der Waals surface area contributed by atoms with Gasteiger partial charge in [0.2, 0.25) is 0 Å². The Balaban J connectivity index is 1.31. The lowest BCUT2D eigenvalue weighted by molar-refractivity contribution is 0.372. The van der Waals surface area contributed by atoms with E-state index in [4.69, 9.17) is 0 Å². The van der Waals surface area contributed by atoms with E-state index in [0.717, 1.165) is 57.5 Å². The number of guanidine groups is 1. The van der Waals surface area contributed by atoms with Crippen LogP contribution in [0.2, 0.25) is 0 Å². The van der Waals surface area contributed by atoms with E-state index in [2.05, 4.69) is 61.4 Å². The Hall–Kier alpha value is -3.02. The zero-order valence-electron chi connectivity index (χ0n) is 16.9. The third-order valence-corrected chi connectivity index (χ3v) is 5.53. The highest BCUT2D eigenvalue weighted by molar-refractivity contribution is 5.80. The fourth-order valence-corrected chi connectivity index (χ4v) is 3.89. The normalized spacial score (nSPS) is 17.2. The van der Waals surface area contributed by atoms with E-state index in [1.165, 1.54) is 23.4 Å². The molecule has 0 unspecified atom stereocenters. The van der Waals surface area contributed by atoms with Gasteiger partial charge in [-0.2, -0.15) is 0 Å². The molecule has 0 aliphatic carbocycles. The lowest BCUT2D eigenvalue weighted by atomic mass is 10.2. The van der Waals surface area contributed by atoms with Crippen molar-refractivity contribution in [3.8, 4) is 0 Å². The molecule has 0 atom stereocenters. The fraction of sp³-hybridized carbons (Fsp3) is 0.348. The summed E-state index contributed by atoms with van der Waals surface area (Å²) >= 11 is 0. The Morgan fingerprint density at radius 3 is 2.34 bits per heavy atom. The SMILES string of the molecule is CN=C(NCc1cccc(N2CC=CC2)c1)N1CCN(c2ccc(F)cc2)CC1. The summed E-state index contributed by atoms with van der Waals surface area (Å²) in [6.07, 6.45) is 4.41. The van der Waals surface area contributed by atoms with Gasteiger partial charge in [0.1, 0.15) is 5.82 Å². The van der Waals surface area contributed by atoms with Crippen LogP contribution < -0.4 is 15.1 Å². The van der Waals surface area contributed by atoms with E-state index in [1.54, 1.807) is 0 Å². The number of benzene rings is 2. The Bertz CT molecular complexity index is 861. The molecule has 0 radical (unpaired) electrons. The minimum Gasteiger partial charge on any atom is -0.368 e. The summed E-state index contributed by atoms with van der Waals surface area (Å²) in [5.74, 6) is 0.735. The van der Waals surface area contributed by atoms with Crippen LogP contribution in [0.15, 0.2) is 65.7 Å². The molecular formula is C23H28FN5. The first-order valence-corrected chi connectivity index (χ1v) is 10.2. The van der Waals surface area contributed by atoms with Gasteiger partial charge >= 0.3 is 0 Å². The summed E-state index contributed by atoms with van der Waals surface area (Å²) < 4.78 is 13.1. The van der Waals surface area contributed by atoms with Crippen LogP contribution in [0.1, 0.15) is 5.56 Å². The van der Waals surface area contributed by atoms with Crippen molar-refractivity contribution in [1.82, 2.24) is 10.2 Å². The van der Waals surface area contributed by atoms with Gasteiger partial charge in [-0.25, -0.2) is 4.39 Å². The first kappa shape index (κ1) is 19.3. The average Bonchev–Trinajstić information content (AvgIpc) is 3.31. The van der Waals surface area contributed by atoms with Gasteiger partial charge in [0.05, 0.1) is 0 Å². The van der Waals surface area contributed by atoms with Crippen molar-refractivity contribution in [2.45, 2.75) is 6.54 Å². The van der Waals surface area contributed by atoms with Crippen molar-refractivity contribution < 1.29 is 4.39 Å². The molecule has 1 fully saturated rings. The molecule has 0 bridgehead atoms. The van der Waals surface area contributed by atoms with E-state index < -0.39 is 0 Å². The molecule has 1 N–H and O–H groups in total. The zero-order chi connectivity index (χ0) is 20.1. The Morgan fingerprint density at radius 2 is 1.66 bits per heavy atom. The molecule has 0 saturated carbocycles. The maximum atomic E-state index is 13.1. The predicted molar refractivity (Wildman–Crippen MR) is 118 cm³/mol. The first-order valence-electron chi connectivity index (χ1n) is 10.2. The highest BCUT2D eigenvalue weighted by Gasteiger charge is 2.20. The molecule has 2 aromatic carbocycles. The number of nitrogens with zero attached hydrogens (tertiary/aromatic N) is 4. The lowest BCUT2D eigenvalue weighted by Crippen LogP contribution is -2.52. The van der Waals surface area contributed by atoms with Crippen LogP contribution in [-0.2, 0) is 6.54 Å². The van der Waals surface area contributed by atoms with E-state index in [0.29, 0.717) is 0 Å². The Kier molecular flexibility index (Phi) is 5.98. The van der Waals surface area contributed by atoms with E-state index >= 15 is 0 Å². The Labute approximate surface area is 172 Å². The van der Waals surface area contributed by atoms with Crippen LogP contribution in [0.25, 0.3) is 0 Å². The molecule has 2 heterocycles. The average molecular weight is 394 g/mol. The van der Waals surface area contributed by atoms with Crippen LogP contribution in [0, 0.1) is 5.82 Å². The number of hydrogen-bond donors (Lipinski definition) is 1. The van der Waals surface area contributed by atoms with Crippen LogP contribution in [0.4, 0.5) is 15.8 Å². The number of nitrogens with one attached hydrogen (secondary N) is 1. The molecule has 2 aliphatic rings. The molecule has 1 saturated heterocycles. The second kappa shape index (κ2) is 8.99. The maximum Gasteiger partial charge on any atom is 0.194 e. The largest absolute Gasteiger partial charge is 0.368 e. The molecule has 4 rings (SSSR count). The van der Waals surface area contributed by atoms with Crippen LogP contribution in [0.5, 0.6) is 0 Å². The number of aliphatic imine (C=N–C) groups is 1. The van der Waals surface area contributed by atoms with Crippen molar-refractivity contribution in [2.75, 3.05) is 56.1 Å². The predicted octanol–water partition coefficient (Wildman–Crippen LogP) is 3.10. The third kappa shape index (κ3) is 4.70. The van der Waals surface area contributed by atoms with Gasteiger partial charge in [-0.1, -0.05) is 24.3 Å². The number of halogens is 1. The van der Waals surface area contributed by atoms with Crippen molar-refractivity contribution in [1.29, 1.82) is 0 Å². The van der Waals surface area contributed by atoms with Gasteiger partial charge < -0.3 is 20.0 Å². The molecule has 2 aliphatic heterocycles. The van der Waals surface area contributed by atoms with Crippen molar-refractivity contribution in [2.24, 2.45) is 4.99 Å². The lowest BCUT2D eigenvalue weighted by Gasteiger charge is -2.37. The van der Waals surface area contributed by atoms with E-state index in [1.807, 2.05) is 19.2 Å². The summed E-state index contributed by atoms with van der Waals surface area (Å²) in [6.45, 7) is 6.27. The van der Waals surface area contributed by atoms with Crippen LogP contribution in [-0.4, -0.2) is 57.2 Å². The summed E-state index contributed by atoms with van der Waals surface area (Å²) in [4.78, 5) is 11.4. The van der Waals surface area contributed by atoms with Gasteiger partial charge in [-0.05, 0) is 42.0 Å². The van der Waals surface area contributed by atoms with E-state index in [9.17, 15) is 4.39 Å². The standard InChI is InChI=1S/C23H28FN5/c1-25-23(26-18-19-5-4-6-22(17-19)27-11-2-3-12-27)29-15-13-28(14-16-29)21-9-7-20(24)8-10-21/h2-10,17H,11-16,18H2,1H3,(H,25,26). The number of hydrogen-bond acceptors (Lipinski definition) is 3. The molecule has 0 spiro atoms. The van der Waals surface area contributed by atoms with Gasteiger partial charge in [-0.3, -0.25) is 4.99 Å². The first-order chi connectivity index (χ1) is 14.2. The molecule has 152 valence electrons. The molecule has 2 aromatic rings. The second-order valence-electron chi connectivity index (χ2n) is 7.40. The summed E-state index contributed by atoms with van der Waals surface area (Å²) in [5.41, 5.74) is 3.58. The second-order valence-corrected chi connectivity index (χ2v) is 7.40. The highest BCUT2D eigenvalue weighted by atomic mass is 19.1. The molecule has 5 nitrogen and oxygen atoms in total. The third-order valence-electron chi connectivity index (χ3n) is 5.53. The van der Waals surface area contributed by atoms with Crippen molar-refractivity contribution in [3.63, 3.8) is 0 Å². The topological polar surface area (TPSA) is 34.1 Å². The summed E-state index contributed by atoms with van der Waals surface area (Å²) in [6, 6.07) is 15.4. The zero-order valence-corrected chi connectivity index (χ0v) is 16.9. The number of rotatable bonds is 4. The molecule has 0 aromatic heterocycles. The number of piperazine rings is 1.